The van der Waals surface area contributed by atoms with Gasteiger partial charge in [0.2, 0.25) is 0 Å². The highest BCUT2D eigenvalue weighted by Gasteiger charge is 2.23. The summed E-state index contributed by atoms with van der Waals surface area (Å²) in [6.45, 7) is 1.58. The van der Waals surface area contributed by atoms with Gasteiger partial charge in [-0.05, 0) is 31.2 Å². The van der Waals surface area contributed by atoms with E-state index in [9.17, 15) is 14.9 Å². The minimum absolute atomic E-state index is 0.0213. The van der Waals surface area contributed by atoms with E-state index in [0.29, 0.717) is 22.0 Å². The number of anilines is 1. The molecule has 2 aromatic rings. The van der Waals surface area contributed by atoms with Crippen LogP contribution in [0.4, 0.5) is 11.4 Å². The van der Waals surface area contributed by atoms with E-state index in [-0.39, 0.29) is 11.3 Å². The number of nitro groups is 1. The normalized spacial score (nSPS) is 10.1. The molecule has 0 unspecified atom stereocenters. The van der Waals surface area contributed by atoms with Crippen molar-refractivity contribution in [1.29, 1.82) is 0 Å². The van der Waals surface area contributed by atoms with Gasteiger partial charge in [-0.25, -0.2) is 0 Å². The van der Waals surface area contributed by atoms with Gasteiger partial charge < -0.3 is 10.1 Å². The van der Waals surface area contributed by atoms with E-state index in [1.807, 2.05) is 0 Å². The second kappa shape index (κ2) is 6.44. The fraction of sp³-hybridized carbons (Fsp3) is 0.133. The van der Waals surface area contributed by atoms with E-state index in [0.717, 1.165) is 0 Å². The molecular formula is C15H13ClN2O4. The Morgan fingerprint density at radius 2 is 2.05 bits per heavy atom. The van der Waals surface area contributed by atoms with E-state index in [1.165, 1.54) is 19.2 Å². The molecule has 0 aliphatic carbocycles. The Bertz CT molecular complexity index is 746. The molecular weight excluding hydrogens is 308 g/mol. The number of aryl methyl sites for hydroxylation is 1. The molecule has 0 aromatic heterocycles. The molecule has 22 heavy (non-hydrogen) atoms. The minimum Gasteiger partial charge on any atom is -0.495 e. The summed E-state index contributed by atoms with van der Waals surface area (Å²) in [5.74, 6) is -0.191. The maximum atomic E-state index is 12.4. The smallest absolute Gasteiger partial charge is 0.285 e. The first-order valence-corrected chi connectivity index (χ1v) is 6.70. The second-order valence-electron chi connectivity index (χ2n) is 4.53. The summed E-state index contributed by atoms with van der Waals surface area (Å²) in [4.78, 5) is 22.9. The highest BCUT2D eigenvalue weighted by Crippen LogP contribution is 2.29. The third-order valence-electron chi connectivity index (χ3n) is 3.07. The van der Waals surface area contributed by atoms with Crippen molar-refractivity contribution in [3.63, 3.8) is 0 Å². The van der Waals surface area contributed by atoms with Crippen LogP contribution in [0.25, 0.3) is 0 Å². The monoisotopic (exact) mass is 320 g/mol. The van der Waals surface area contributed by atoms with Crippen molar-refractivity contribution >= 4 is 28.9 Å². The van der Waals surface area contributed by atoms with E-state index in [2.05, 4.69) is 5.32 Å². The number of ether oxygens (including phenoxy) is 1. The molecule has 1 amide bonds. The van der Waals surface area contributed by atoms with Gasteiger partial charge in [0.15, 0.2) is 0 Å². The number of para-hydroxylation sites is 1. The van der Waals surface area contributed by atoms with Crippen LogP contribution < -0.4 is 10.1 Å². The van der Waals surface area contributed by atoms with Gasteiger partial charge in [0, 0.05) is 10.6 Å². The van der Waals surface area contributed by atoms with Crippen LogP contribution >= 0.6 is 11.6 Å². The molecule has 0 saturated heterocycles. The molecule has 6 nitrogen and oxygen atoms in total. The number of carbonyl (C=O) groups excluding carboxylic acids is 1. The fourth-order valence-electron chi connectivity index (χ4n) is 2.05. The number of halogens is 1. The molecule has 0 atom stereocenters. The van der Waals surface area contributed by atoms with Crippen molar-refractivity contribution in [2.75, 3.05) is 12.4 Å². The Hall–Kier alpha value is -2.60. The number of amides is 1. The Labute approximate surface area is 131 Å². The summed E-state index contributed by atoms with van der Waals surface area (Å²) in [7, 11) is 1.45. The predicted molar refractivity (Wildman–Crippen MR) is 83.8 cm³/mol. The lowest BCUT2D eigenvalue weighted by atomic mass is 10.1. The molecule has 114 valence electrons. The summed E-state index contributed by atoms with van der Waals surface area (Å²) in [6.07, 6.45) is 0. The topological polar surface area (TPSA) is 81.5 Å². The van der Waals surface area contributed by atoms with Gasteiger partial charge in [0.05, 0.1) is 17.7 Å². The largest absolute Gasteiger partial charge is 0.495 e. The van der Waals surface area contributed by atoms with E-state index >= 15 is 0 Å². The number of nitrogens with zero attached hydrogens (tertiary/aromatic N) is 1. The van der Waals surface area contributed by atoms with Crippen molar-refractivity contribution in [1.82, 2.24) is 0 Å². The molecule has 0 heterocycles. The van der Waals surface area contributed by atoms with Crippen molar-refractivity contribution in [2.24, 2.45) is 0 Å². The third kappa shape index (κ3) is 3.17. The van der Waals surface area contributed by atoms with Crippen LogP contribution in [0, 0.1) is 17.0 Å². The number of carbonyl (C=O) groups is 1. The van der Waals surface area contributed by atoms with Gasteiger partial charge in [0.25, 0.3) is 11.6 Å². The second-order valence-corrected chi connectivity index (χ2v) is 4.96. The van der Waals surface area contributed by atoms with Crippen LogP contribution in [-0.4, -0.2) is 17.9 Å². The SMILES string of the molecule is COc1ccc(Cl)cc1NC(=O)c1cccc(C)c1[N+](=O)[O-]. The van der Waals surface area contributed by atoms with Gasteiger partial charge in [-0.1, -0.05) is 23.7 Å². The number of benzene rings is 2. The minimum atomic E-state index is -0.601. The molecule has 7 heteroatoms. The summed E-state index contributed by atoms with van der Waals surface area (Å²) in [5, 5.41) is 14.2. The molecule has 0 bridgehead atoms. The molecule has 0 saturated carbocycles. The molecule has 0 fully saturated rings. The van der Waals surface area contributed by atoms with Gasteiger partial charge in [-0.15, -0.1) is 0 Å². The Balaban J connectivity index is 2.41. The summed E-state index contributed by atoms with van der Waals surface area (Å²) < 4.78 is 5.13. The first-order valence-electron chi connectivity index (χ1n) is 6.33. The summed E-state index contributed by atoms with van der Waals surface area (Å²) in [5.41, 5.74) is 0.513. The Kier molecular flexibility index (Phi) is 4.62. The van der Waals surface area contributed by atoms with Crippen molar-refractivity contribution in [2.45, 2.75) is 6.92 Å². The number of rotatable bonds is 4. The van der Waals surface area contributed by atoms with Crippen LogP contribution in [0.3, 0.4) is 0 Å². The lowest BCUT2D eigenvalue weighted by Gasteiger charge is -2.11. The van der Waals surface area contributed by atoms with Crippen molar-refractivity contribution in [3.05, 3.63) is 62.7 Å². The van der Waals surface area contributed by atoms with Crippen LogP contribution in [0.2, 0.25) is 5.02 Å². The predicted octanol–water partition coefficient (Wildman–Crippen LogP) is 3.82. The number of hydrogen-bond acceptors (Lipinski definition) is 4. The molecule has 0 radical (unpaired) electrons. The summed E-state index contributed by atoms with van der Waals surface area (Å²) in [6, 6.07) is 9.30. The highest BCUT2D eigenvalue weighted by atomic mass is 35.5. The lowest BCUT2D eigenvalue weighted by Crippen LogP contribution is -2.15. The third-order valence-corrected chi connectivity index (χ3v) is 3.31. The van der Waals surface area contributed by atoms with Crippen LogP contribution in [-0.2, 0) is 0 Å². The zero-order chi connectivity index (χ0) is 16.3. The zero-order valence-corrected chi connectivity index (χ0v) is 12.7. The first kappa shape index (κ1) is 15.8. The quantitative estimate of drug-likeness (QED) is 0.686. The van der Waals surface area contributed by atoms with Gasteiger partial charge >= 0.3 is 0 Å². The summed E-state index contributed by atoms with van der Waals surface area (Å²) >= 11 is 5.90. The molecule has 2 aromatic carbocycles. The van der Waals surface area contributed by atoms with Gasteiger partial charge in [-0.3, -0.25) is 14.9 Å². The average molecular weight is 321 g/mol. The van der Waals surface area contributed by atoms with E-state index in [4.69, 9.17) is 16.3 Å². The van der Waals surface area contributed by atoms with Crippen LogP contribution in [0.1, 0.15) is 15.9 Å². The fourth-order valence-corrected chi connectivity index (χ4v) is 2.22. The molecule has 2 rings (SSSR count). The lowest BCUT2D eigenvalue weighted by molar-refractivity contribution is -0.385. The van der Waals surface area contributed by atoms with Crippen LogP contribution in [0.15, 0.2) is 36.4 Å². The maximum absolute atomic E-state index is 12.4. The Morgan fingerprint density at radius 1 is 1.32 bits per heavy atom. The van der Waals surface area contributed by atoms with Crippen molar-refractivity contribution < 1.29 is 14.5 Å². The maximum Gasteiger partial charge on any atom is 0.285 e. The number of nitrogens with one attached hydrogen (secondary N) is 1. The average Bonchev–Trinajstić information content (AvgIpc) is 2.46. The standard InChI is InChI=1S/C15H13ClN2O4/c1-9-4-3-5-11(14(9)18(20)21)15(19)17-12-8-10(16)6-7-13(12)22-2/h3-8H,1-2H3,(H,17,19). The van der Waals surface area contributed by atoms with Crippen LogP contribution in [0.5, 0.6) is 5.75 Å². The molecule has 0 aliphatic heterocycles. The van der Waals surface area contributed by atoms with Gasteiger partial charge in [-0.2, -0.15) is 0 Å². The van der Waals surface area contributed by atoms with Crippen molar-refractivity contribution in [3.8, 4) is 5.75 Å². The number of methoxy groups -OCH3 is 1. The molecule has 0 aliphatic rings. The van der Waals surface area contributed by atoms with E-state index in [1.54, 1.807) is 31.2 Å². The number of hydrogen-bond donors (Lipinski definition) is 1. The van der Waals surface area contributed by atoms with Gasteiger partial charge in [0.1, 0.15) is 11.3 Å². The molecule has 1 N–H and O–H groups in total. The Morgan fingerprint density at radius 3 is 2.68 bits per heavy atom. The molecule has 0 spiro atoms. The first-order chi connectivity index (χ1) is 10.4. The number of nitro benzene ring substituents is 1. The zero-order valence-electron chi connectivity index (χ0n) is 11.9. The van der Waals surface area contributed by atoms with E-state index < -0.39 is 10.8 Å². The highest BCUT2D eigenvalue weighted by molar-refractivity contribution is 6.31.